The SMILES string of the molecule is CCCCC(=O)N[C@H]1CCOC1=O. The lowest BCUT2D eigenvalue weighted by Gasteiger charge is -2.07. The van der Waals surface area contributed by atoms with Crippen molar-refractivity contribution in [3.63, 3.8) is 0 Å². The summed E-state index contributed by atoms with van der Waals surface area (Å²) in [4.78, 5) is 22.1. The van der Waals surface area contributed by atoms with Gasteiger partial charge in [0.1, 0.15) is 6.04 Å². The Labute approximate surface area is 77.6 Å². The summed E-state index contributed by atoms with van der Waals surface area (Å²) in [7, 11) is 0. The first-order valence-corrected chi connectivity index (χ1v) is 4.70. The number of nitrogens with one attached hydrogen (secondary N) is 1. The van der Waals surface area contributed by atoms with Gasteiger partial charge in [-0.2, -0.15) is 0 Å². The topological polar surface area (TPSA) is 55.4 Å². The lowest BCUT2D eigenvalue weighted by molar-refractivity contribution is -0.141. The van der Waals surface area contributed by atoms with Crippen LogP contribution in [0, 0.1) is 0 Å². The quantitative estimate of drug-likeness (QED) is 0.653. The molecule has 0 spiro atoms. The molecule has 0 saturated carbocycles. The first kappa shape index (κ1) is 10.0. The standard InChI is InChI=1S/C9H15NO3/c1-2-3-4-8(11)10-7-5-6-13-9(7)12/h7H,2-6H2,1H3,(H,10,11)/t7-/m0/s1. The van der Waals surface area contributed by atoms with Crippen LogP contribution in [0.1, 0.15) is 32.6 Å². The summed E-state index contributed by atoms with van der Waals surface area (Å²) in [6, 6.07) is -0.399. The molecule has 0 aromatic rings. The van der Waals surface area contributed by atoms with Crippen molar-refractivity contribution < 1.29 is 14.3 Å². The average molecular weight is 185 g/mol. The van der Waals surface area contributed by atoms with E-state index in [9.17, 15) is 9.59 Å². The minimum Gasteiger partial charge on any atom is -0.464 e. The van der Waals surface area contributed by atoms with Gasteiger partial charge in [-0.1, -0.05) is 13.3 Å². The van der Waals surface area contributed by atoms with Gasteiger partial charge >= 0.3 is 5.97 Å². The summed E-state index contributed by atoms with van der Waals surface area (Å²) in [6.45, 7) is 2.45. The van der Waals surface area contributed by atoms with Crippen LogP contribution in [0.3, 0.4) is 0 Å². The molecule has 0 bridgehead atoms. The first-order valence-electron chi connectivity index (χ1n) is 4.70. The highest BCUT2D eigenvalue weighted by Gasteiger charge is 2.27. The molecular weight excluding hydrogens is 170 g/mol. The van der Waals surface area contributed by atoms with Gasteiger partial charge in [-0.3, -0.25) is 4.79 Å². The van der Waals surface area contributed by atoms with Crippen molar-refractivity contribution in [2.75, 3.05) is 6.61 Å². The molecule has 0 aliphatic carbocycles. The van der Waals surface area contributed by atoms with E-state index >= 15 is 0 Å². The zero-order valence-electron chi connectivity index (χ0n) is 7.84. The van der Waals surface area contributed by atoms with E-state index in [2.05, 4.69) is 5.32 Å². The second-order valence-corrected chi connectivity index (χ2v) is 3.18. The highest BCUT2D eigenvalue weighted by atomic mass is 16.5. The maximum atomic E-state index is 11.2. The molecule has 1 rings (SSSR count). The van der Waals surface area contributed by atoms with Crippen LogP contribution < -0.4 is 5.32 Å². The van der Waals surface area contributed by atoms with Crippen molar-refractivity contribution in [2.24, 2.45) is 0 Å². The Kier molecular flexibility index (Phi) is 3.73. The molecule has 1 atom stereocenters. The van der Waals surface area contributed by atoms with Gasteiger partial charge in [0.05, 0.1) is 6.61 Å². The van der Waals surface area contributed by atoms with Crippen LogP contribution in [0.2, 0.25) is 0 Å². The summed E-state index contributed by atoms with van der Waals surface area (Å²) >= 11 is 0. The first-order chi connectivity index (χ1) is 6.24. The number of carbonyl (C=O) groups excluding carboxylic acids is 2. The summed E-state index contributed by atoms with van der Waals surface area (Å²) in [6.07, 6.45) is 2.97. The van der Waals surface area contributed by atoms with Gasteiger partial charge in [0.2, 0.25) is 5.91 Å². The monoisotopic (exact) mass is 185 g/mol. The van der Waals surface area contributed by atoms with E-state index in [0.717, 1.165) is 12.8 Å². The normalized spacial score (nSPS) is 21.3. The number of rotatable bonds is 4. The number of ether oxygens (including phenoxy) is 1. The summed E-state index contributed by atoms with van der Waals surface area (Å²) in [5.41, 5.74) is 0. The smallest absolute Gasteiger partial charge is 0.328 e. The maximum Gasteiger partial charge on any atom is 0.328 e. The molecule has 13 heavy (non-hydrogen) atoms. The second-order valence-electron chi connectivity index (χ2n) is 3.18. The van der Waals surface area contributed by atoms with E-state index < -0.39 is 6.04 Å². The van der Waals surface area contributed by atoms with Gasteiger partial charge in [-0.15, -0.1) is 0 Å². The number of cyclic esters (lactones) is 1. The molecule has 1 saturated heterocycles. The minimum absolute atomic E-state index is 0.0503. The Bertz CT molecular complexity index is 203. The third kappa shape index (κ3) is 3.05. The molecule has 1 fully saturated rings. The number of amides is 1. The largest absolute Gasteiger partial charge is 0.464 e. The molecule has 1 heterocycles. The molecule has 1 aliphatic rings. The number of unbranched alkanes of at least 4 members (excludes halogenated alkanes) is 1. The molecule has 0 aromatic carbocycles. The molecule has 1 amide bonds. The van der Waals surface area contributed by atoms with Crippen LogP contribution in [0.4, 0.5) is 0 Å². The number of hydrogen-bond donors (Lipinski definition) is 1. The van der Waals surface area contributed by atoms with Crippen LogP contribution in [0.15, 0.2) is 0 Å². The van der Waals surface area contributed by atoms with Crippen molar-refractivity contribution in [1.29, 1.82) is 0 Å². The fraction of sp³-hybridized carbons (Fsp3) is 0.778. The van der Waals surface area contributed by atoms with E-state index in [0.29, 0.717) is 19.4 Å². The molecule has 4 nitrogen and oxygen atoms in total. The van der Waals surface area contributed by atoms with Crippen LogP contribution >= 0.6 is 0 Å². The molecular formula is C9H15NO3. The van der Waals surface area contributed by atoms with Gasteiger partial charge in [0, 0.05) is 12.8 Å². The molecule has 0 radical (unpaired) electrons. The van der Waals surface area contributed by atoms with Gasteiger partial charge in [0.25, 0.3) is 0 Å². The zero-order valence-corrected chi connectivity index (χ0v) is 7.84. The molecule has 4 heteroatoms. The fourth-order valence-electron chi connectivity index (χ4n) is 1.23. The highest BCUT2D eigenvalue weighted by molar-refractivity contribution is 5.85. The van der Waals surface area contributed by atoms with E-state index in [-0.39, 0.29) is 11.9 Å². The van der Waals surface area contributed by atoms with Crippen molar-refractivity contribution in [1.82, 2.24) is 5.32 Å². The van der Waals surface area contributed by atoms with E-state index in [4.69, 9.17) is 4.74 Å². The average Bonchev–Trinajstić information content (AvgIpc) is 2.48. The Balaban J connectivity index is 2.23. The van der Waals surface area contributed by atoms with Gasteiger partial charge < -0.3 is 10.1 Å². The van der Waals surface area contributed by atoms with Gasteiger partial charge in [-0.25, -0.2) is 4.79 Å². The number of carbonyl (C=O) groups is 2. The lowest BCUT2D eigenvalue weighted by atomic mass is 10.2. The second kappa shape index (κ2) is 4.84. The van der Waals surface area contributed by atoms with Crippen molar-refractivity contribution >= 4 is 11.9 Å². The summed E-state index contributed by atoms with van der Waals surface area (Å²) in [5.74, 6) is -0.351. The van der Waals surface area contributed by atoms with Crippen LogP contribution in [-0.2, 0) is 14.3 Å². The number of hydrogen-bond acceptors (Lipinski definition) is 3. The summed E-state index contributed by atoms with van der Waals surface area (Å²) in [5, 5.41) is 2.65. The Hall–Kier alpha value is -1.06. The predicted molar refractivity (Wildman–Crippen MR) is 47.0 cm³/mol. The lowest BCUT2D eigenvalue weighted by Crippen LogP contribution is -2.37. The van der Waals surface area contributed by atoms with E-state index in [1.165, 1.54) is 0 Å². The molecule has 0 unspecified atom stereocenters. The van der Waals surface area contributed by atoms with Crippen LogP contribution in [0.25, 0.3) is 0 Å². The number of esters is 1. The van der Waals surface area contributed by atoms with Crippen LogP contribution in [-0.4, -0.2) is 24.5 Å². The third-order valence-corrected chi connectivity index (χ3v) is 2.03. The minimum atomic E-state index is -0.399. The van der Waals surface area contributed by atoms with Gasteiger partial charge in [0.15, 0.2) is 0 Å². The van der Waals surface area contributed by atoms with Crippen molar-refractivity contribution in [3.05, 3.63) is 0 Å². The van der Waals surface area contributed by atoms with E-state index in [1.54, 1.807) is 0 Å². The van der Waals surface area contributed by atoms with Crippen LogP contribution in [0.5, 0.6) is 0 Å². The molecule has 0 aromatic heterocycles. The van der Waals surface area contributed by atoms with Crippen molar-refractivity contribution in [2.45, 2.75) is 38.6 Å². The highest BCUT2D eigenvalue weighted by Crippen LogP contribution is 2.06. The predicted octanol–water partition coefficient (Wildman–Crippen LogP) is 0.608. The Morgan fingerprint density at radius 2 is 2.46 bits per heavy atom. The van der Waals surface area contributed by atoms with Crippen molar-refractivity contribution in [3.8, 4) is 0 Å². The third-order valence-electron chi connectivity index (χ3n) is 2.03. The summed E-state index contributed by atoms with van der Waals surface area (Å²) < 4.78 is 4.72. The Morgan fingerprint density at radius 3 is 3.00 bits per heavy atom. The molecule has 1 aliphatic heterocycles. The fourth-order valence-corrected chi connectivity index (χ4v) is 1.23. The van der Waals surface area contributed by atoms with Gasteiger partial charge in [-0.05, 0) is 6.42 Å². The molecule has 1 N–H and O–H groups in total. The maximum absolute atomic E-state index is 11.2. The zero-order chi connectivity index (χ0) is 9.68. The molecule has 74 valence electrons. The van der Waals surface area contributed by atoms with E-state index in [1.807, 2.05) is 6.92 Å². The Morgan fingerprint density at radius 1 is 1.69 bits per heavy atom.